The largest absolute Gasteiger partial charge is 0.487 e. The van der Waals surface area contributed by atoms with Crippen molar-refractivity contribution in [1.29, 1.82) is 0 Å². The molecule has 0 radical (unpaired) electrons. The number of ether oxygens (including phenoxy) is 3. The van der Waals surface area contributed by atoms with Gasteiger partial charge < -0.3 is 19.5 Å². The fraction of sp³-hybridized carbons (Fsp3) is 0.538. The first-order valence-electron chi connectivity index (χ1n) is 6.13. The van der Waals surface area contributed by atoms with Gasteiger partial charge in [-0.2, -0.15) is 0 Å². The number of fused-ring (bicyclic) bond motifs is 1. The van der Waals surface area contributed by atoms with Gasteiger partial charge in [-0.1, -0.05) is 13.8 Å². The summed E-state index contributed by atoms with van der Waals surface area (Å²) in [4.78, 5) is 0. The average molecular weight is 273 g/mol. The van der Waals surface area contributed by atoms with E-state index in [4.69, 9.17) is 14.2 Å². The van der Waals surface area contributed by atoms with Crippen LogP contribution in [0.25, 0.3) is 0 Å². The van der Waals surface area contributed by atoms with E-state index in [1.165, 1.54) is 0 Å². The van der Waals surface area contributed by atoms with Crippen molar-refractivity contribution >= 4 is 0 Å². The van der Waals surface area contributed by atoms with Crippen LogP contribution in [-0.2, 0) is 6.54 Å². The Bertz CT molecular complexity index is 399. The molecule has 0 spiro atoms. The van der Waals surface area contributed by atoms with Crippen molar-refractivity contribution < 1.29 is 23.0 Å². The van der Waals surface area contributed by atoms with Crippen LogP contribution >= 0.6 is 0 Å². The molecule has 0 atom stereocenters. The Morgan fingerprint density at radius 2 is 1.95 bits per heavy atom. The fourth-order valence-electron chi connectivity index (χ4n) is 1.70. The number of hydrogen-bond acceptors (Lipinski definition) is 4. The van der Waals surface area contributed by atoms with Crippen LogP contribution in [0.5, 0.6) is 17.2 Å². The summed E-state index contributed by atoms with van der Waals surface area (Å²) in [5.41, 5.74) is 0.776. The van der Waals surface area contributed by atoms with E-state index in [1.807, 2.05) is 13.8 Å². The molecule has 0 saturated heterocycles. The third kappa shape index (κ3) is 3.70. The van der Waals surface area contributed by atoms with E-state index in [0.717, 1.165) is 5.56 Å². The molecule has 6 heteroatoms. The van der Waals surface area contributed by atoms with Crippen molar-refractivity contribution in [2.45, 2.75) is 32.9 Å². The van der Waals surface area contributed by atoms with Gasteiger partial charge in [-0.15, -0.1) is 0 Å². The van der Waals surface area contributed by atoms with Crippen molar-refractivity contribution in [2.24, 2.45) is 0 Å². The van der Waals surface area contributed by atoms with E-state index in [-0.39, 0.29) is 12.8 Å². The van der Waals surface area contributed by atoms with Crippen molar-refractivity contribution in [1.82, 2.24) is 5.32 Å². The summed E-state index contributed by atoms with van der Waals surface area (Å²) >= 11 is 0. The summed E-state index contributed by atoms with van der Waals surface area (Å²) in [6, 6.07) is 3.65. The third-order valence-corrected chi connectivity index (χ3v) is 2.62. The van der Waals surface area contributed by atoms with Gasteiger partial charge in [0, 0.05) is 24.2 Å². The van der Waals surface area contributed by atoms with Gasteiger partial charge in [0.05, 0.1) is 0 Å². The minimum absolute atomic E-state index is 0.144. The average Bonchev–Trinajstić information content (AvgIpc) is 2.79. The molecule has 0 bridgehead atoms. The van der Waals surface area contributed by atoms with Crippen molar-refractivity contribution in [2.75, 3.05) is 13.4 Å². The van der Waals surface area contributed by atoms with Gasteiger partial charge in [0.25, 0.3) is 6.43 Å². The molecule has 0 amide bonds. The second-order valence-corrected chi connectivity index (χ2v) is 4.55. The Labute approximate surface area is 110 Å². The van der Waals surface area contributed by atoms with E-state index in [9.17, 15) is 8.78 Å². The van der Waals surface area contributed by atoms with Gasteiger partial charge in [0.1, 0.15) is 12.4 Å². The zero-order valence-electron chi connectivity index (χ0n) is 10.9. The smallest absolute Gasteiger partial charge is 0.272 e. The minimum Gasteiger partial charge on any atom is -0.487 e. The van der Waals surface area contributed by atoms with Gasteiger partial charge in [-0.25, -0.2) is 8.78 Å². The molecule has 0 aromatic heterocycles. The third-order valence-electron chi connectivity index (χ3n) is 2.62. The molecule has 1 N–H and O–H groups in total. The van der Waals surface area contributed by atoms with Crippen molar-refractivity contribution in [3.63, 3.8) is 0 Å². The van der Waals surface area contributed by atoms with Gasteiger partial charge in [-0.05, 0) is 6.07 Å². The van der Waals surface area contributed by atoms with Crippen molar-refractivity contribution in [3.05, 3.63) is 17.7 Å². The lowest BCUT2D eigenvalue weighted by atomic mass is 10.1. The van der Waals surface area contributed by atoms with Crippen LogP contribution in [0.3, 0.4) is 0 Å². The maximum atomic E-state index is 12.2. The highest BCUT2D eigenvalue weighted by atomic mass is 19.3. The van der Waals surface area contributed by atoms with E-state index in [0.29, 0.717) is 23.8 Å². The van der Waals surface area contributed by atoms with Crippen LogP contribution in [0.2, 0.25) is 0 Å². The van der Waals surface area contributed by atoms with E-state index >= 15 is 0 Å². The summed E-state index contributed by atoms with van der Waals surface area (Å²) in [5, 5.41) is 3.22. The lowest BCUT2D eigenvalue weighted by Crippen LogP contribution is -2.22. The molecule has 0 unspecified atom stereocenters. The quantitative estimate of drug-likeness (QED) is 0.864. The summed E-state index contributed by atoms with van der Waals surface area (Å²) in [6.07, 6.45) is -2.50. The van der Waals surface area contributed by atoms with Gasteiger partial charge in [0.2, 0.25) is 6.79 Å². The van der Waals surface area contributed by atoms with Gasteiger partial charge >= 0.3 is 0 Å². The lowest BCUT2D eigenvalue weighted by Gasteiger charge is -2.14. The first-order valence-corrected chi connectivity index (χ1v) is 6.13. The molecule has 1 aromatic carbocycles. The second-order valence-electron chi connectivity index (χ2n) is 4.55. The number of hydrogen-bond donors (Lipinski definition) is 1. The fourth-order valence-corrected chi connectivity index (χ4v) is 1.70. The monoisotopic (exact) mass is 273 g/mol. The molecular formula is C13H17F2NO3. The molecule has 0 saturated carbocycles. The van der Waals surface area contributed by atoms with Crippen LogP contribution in [-0.4, -0.2) is 25.9 Å². The van der Waals surface area contributed by atoms with Crippen LogP contribution in [0.4, 0.5) is 8.78 Å². The van der Waals surface area contributed by atoms with Crippen LogP contribution in [0.1, 0.15) is 19.4 Å². The number of nitrogens with one attached hydrogen (secondary N) is 1. The summed E-state index contributed by atoms with van der Waals surface area (Å²) in [6.45, 7) is 4.05. The molecule has 106 valence electrons. The van der Waals surface area contributed by atoms with E-state index < -0.39 is 13.0 Å². The maximum absolute atomic E-state index is 12.2. The van der Waals surface area contributed by atoms with Crippen LogP contribution < -0.4 is 19.5 Å². The number of alkyl halides is 2. The SMILES string of the molecule is CC(C)NCc1cc2c(cc1OCC(F)F)OCO2. The second kappa shape index (κ2) is 6.06. The predicted octanol–water partition coefficient (Wildman–Crippen LogP) is 2.56. The number of rotatable bonds is 6. The molecule has 19 heavy (non-hydrogen) atoms. The Morgan fingerprint density at radius 3 is 2.58 bits per heavy atom. The maximum Gasteiger partial charge on any atom is 0.272 e. The highest BCUT2D eigenvalue weighted by molar-refractivity contribution is 5.51. The molecule has 0 fully saturated rings. The van der Waals surface area contributed by atoms with Gasteiger partial charge in [-0.3, -0.25) is 0 Å². The highest BCUT2D eigenvalue weighted by Crippen LogP contribution is 2.38. The van der Waals surface area contributed by atoms with Gasteiger partial charge in [0.15, 0.2) is 11.5 Å². The number of halogens is 2. The highest BCUT2D eigenvalue weighted by Gasteiger charge is 2.19. The molecule has 2 rings (SSSR count). The molecular weight excluding hydrogens is 256 g/mol. The Hall–Kier alpha value is -1.56. The van der Waals surface area contributed by atoms with Crippen LogP contribution in [0.15, 0.2) is 12.1 Å². The van der Waals surface area contributed by atoms with E-state index in [2.05, 4.69) is 5.32 Å². The van der Waals surface area contributed by atoms with Crippen LogP contribution in [0, 0.1) is 0 Å². The Morgan fingerprint density at radius 1 is 1.26 bits per heavy atom. The normalized spacial score (nSPS) is 13.4. The molecule has 1 aromatic rings. The molecule has 4 nitrogen and oxygen atoms in total. The first-order chi connectivity index (χ1) is 9.06. The summed E-state index contributed by atoms with van der Waals surface area (Å²) in [5.74, 6) is 1.54. The standard InChI is InChI=1S/C13H17F2NO3/c1-8(2)16-5-9-3-11-12(19-7-18-11)4-10(9)17-6-13(14)15/h3-4,8,13,16H,5-7H2,1-2H3. The Kier molecular flexibility index (Phi) is 4.42. The summed E-state index contributed by atoms with van der Waals surface area (Å²) in [7, 11) is 0. The zero-order chi connectivity index (χ0) is 13.8. The molecule has 1 aliphatic rings. The predicted molar refractivity (Wildman–Crippen MR) is 66.0 cm³/mol. The first kappa shape index (κ1) is 13.9. The number of benzene rings is 1. The van der Waals surface area contributed by atoms with E-state index in [1.54, 1.807) is 12.1 Å². The topological polar surface area (TPSA) is 39.7 Å². The summed E-state index contributed by atoms with van der Waals surface area (Å²) < 4.78 is 40.1. The lowest BCUT2D eigenvalue weighted by molar-refractivity contribution is 0.0812. The molecule has 0 aliphatic carbocycles. The molecule has 1 heterocycles. The van der Waals surface area contributed by atoms with Crippen molar-refractivity contribution in [3.8, 4) is 17.2 Å². The minimum atomic E-state index is -2.50. The molecule has 1 aliphatic heterocycles. The zero-order valence-corrected chi connectivity index (χ0v) is 10.9. The Balaban J connectivity index is 2.16.